The molecular formula is C31H50O8. The molecule has 0 spiro atoms. The Kier molecular flexibility index (Phi) is 10.3. The molecule has 0 unspecified atom stereocenters. The first-order chi connectivity index (χ1) is 18.2. The van der Waals surface area contributed by atoms with E-state index in [2.05, 4.69) is 33.8 Å². The Morgan fingerprint density at radius 1 is 1.15 bits per heavy atom. The highest BCUT2D eigenvalue weighted by atomic mass is 16.7. The highest BCUT2D eigenvalue weighted by Crippen LogP contribution is 2.62. The quantitative estimate of drug-likeness (QED) is 0.204. The van der Waals surface area contributed by atoms with E-state index in [4.69, 9.17) is 14.2 Å². The zero-order valence-electron chi connectivity index (χ0n) is 24.9. The molecule has 0 aromatic heterocycles. The summed E-state index contributed by atoms with van der Waals surface area (Å²) in [4.78, 5) is 13.0. The van der Waals surface area contributed by atoms with Crippen LogP contribution in [0.3, 0.4) is 0 Å². The molecule has 3 rings (SSSR count). The Morgan fingerprint density at radius 2 is 1.82 bits per heavy atom. The maximum absolute atomic E-state index is 13.0. The molecule has 0 bridgehead atoms. The van der Waals surface area contributed by atoms with Crippen molar-refractivity contribution in [1.82, 2.24) is 0 Å². The molecule has 1 saturated carbocycles. The van der Waals surface area contributed by atoms with Crippen LogP contribution in [0.4, 0.5) is 0 Å². The summed E-state index contributed by atoms with van der Waals surface area (Å²) < 4.78 is 18.4. The van der Waals surface area contributed by atoms with Gasteiger partial charge in [0.25, 0.3) is 0 Å². The van der Waals surface area contributed by atoms with E-state index in [-0.39, 0.29) is 23.9 Å². The Bertz CT molecular complexity index is 968. The van der Waals surface area contributed by atoms with Crippen molar-refractivity contribution in [3.8, 4) is 0 Å². The number of carbonyl (C=O) groups excluding carboxylic acids is 1. The molecule has 3 aliphatic rings. The lowest BCUT2D eigenvalue weighted by Gasteiger charge is -2.61. The largest absolute Gasteiger partial charge is 0.456 e. The van der Waals surface area contributed by atoms with E-state index < -0.39 is 54.3 Å². The van der Waals surface area contributed by atoms with E-state index >= 15 is 0 Å². The summed E-state index contributed by atoms with van der Waals surface area (Å²) in [6.07, 6.45) is 1.78. The van der Waals surface area contributed by atoms with Crippen molar-refractivity contribution < 1.29 is 39.4 Å². The molecule has 0 amide bonds. The van der Waals surface area contributed by atoms with Gasteiger partial charge in [-0.3, -0.25) is 0 Å². The number of carbonyl (C=O) groups is 1. The van der Waals surface area contributed by atoms with Gasteiger partial charge in [0.2, 0.25) is 0 Å². The van der Waals surface area contributed by atoms with Gasteiger partial charge in [-0.25, -0.2) is 4.79 Å². The first kappa shape index (κ1) is 32.0. The fraction of sp³-hybridized carbons (Fsp3) is 0.774. The first-order valence-corrected chi connectivity index (χ1v) is 14.3. The lowest BCUT2D eigenvalue weighted by atomic mass is 9.46. The smallest absolute Gasteiger partial charge is 0.333 e. The second-order valence-corrected chi connectivity index (χ2v) is 12.7. The molecule has 2 fully saturated rings. The maximum atomic E-state index is 13.0. The van der Waals surface area contributed by atoms with Crippen LogP contribution < -0.4 is 0 Å². The van der Waals surface area contributed by atoms with Crippen LogP contribution in [-0.2, 0) is 19.0 Å². The van der Waals surface area contributed by atoms with Crippen LogP contribution in [0.2, 0.25) is 0 Å². The summed E-state index contributed by atoms with van der Waals surface area (Å²) in [5.74, 6) is 0.0135. The summed E-state index contributed by atoms with van der Waals surface area (Å²) in [6.45, 7) is 15.9. The molecule has 39 heavy (non-hydrogen) atoms. The van der Waals surface area contributed by atoms with Crippen molar-refractivity contribution in [2.45, 2.75) is 124 Å². The predicted molar refractivity (Wildman–Crippen MR) is 148 cm³/mol. The summed E-state index contributed by atoms with van der Waals surface area (Å²) in [5.41, 5.74) is 2.27. The number of rotatable bonds is 8. The van der Waals surface area contributed by atoms with Crippen molar-refractivity contribution >= 4 is 5.97 Å². The average Bonchev–Trinajstić information content (AvgIpc) is 2.87. The number of aliphatic hydroxyl groups is 4. The molecule has 0 radical (unpaired) electrons. The molecule has 8 nitrogen and oxygen atoms in total. The highest BCUT2D eigenvalue weighted by Gasteiger charge is 2.61. The van der Waals surface area contributed by atoms with E-state index in [9.17, 15) is 25.2 Å². The number of aliphatic hydroxyl groups excluding tert-OH is 4. The van der Waals surface area contributed by atoms with Crippen LogP contribution >= 0.6 is 0 Å². The monoisotopic (exact) mass is 550 g/mol. The van der Waals surface area contributed by atoms with Crippen LogP contribution in [0.1, 0.15) is 81.1 Å². The minimum Gasteiger partial charge on any atom is -0.456 e. The molecular weight excluding hydrogens is 500 g/mol. The van der Waals surface area contributed by atoms with Crippen molar-refractivity contribution in [3.63, 3.8) is 0 Å². The molecule has 0 aromatic carbocycles. The molecule has 1 heterocycles. The van der Waals surface area contributed by atoms with Gasteiger partial charge >= 0.3 is 5.97 Å². The lowest BCUT2D eigenvalue weighted by Crippen LogP contribution is -2.64. The van der Waals surface area contributed by atoms with Gasteiger partial charge < -0.3 is 34.6 Å². The van der Waals surface area contributed by atoms with E-state index in [0.29, 0.717) is 12.0 Å². The van der Waals surface area contributed by atoms with Crippen molar-refractivity contribution in [2.24, 2.45) is 22.7 Å². The minimum absolute atomic E-state index is 0.0233. The van der Waals surface area contributed by atoms with Crippen LogP contribution in [-0.4, -0.2) is 75.9 Å². The first-order valence-electron chi connectivity index (χ1n) is 14.3. The van der Waals surface area contributed by atoms with Crippen LogP contribution in [0.5, 0.6) is 0 Å². The van der Waals surface area contributed by atoms with Gasteiger partial charge in [-0.1, -0.05) is 50.1 Å². The fourth-order valence-electron chi connectivity index (χ4n) is 7.29. The Balaban J connectivity index is 2.01. The van der Waals surface area contributed by atoms with Crippen LogP contribution in [0.25, 0.3) is 0 Å². The average molecular weight is 551 g/mol. The van der Waals surface area contributed by atoms with Gasteiger partial charge in [-0.15, -0.1) is 0 Å². The number of allylic oxidation sites excluding steroid dienone is 4. The van der Waals surface area contributed by atoms with Gasteiger partial charge in [0.05, 0.1) is 18.8 Å². The van der Waals surface area contributed by atoms with E-state index in [0.717, 1.165) is 24.8 Å². The molecule has 4 N–H and O–H groups in total. The number of hydrogen-bond acceptors (Lipinski definition) is 8. The number of esters is 1. The van der Waals surface area contributed by atoms with Crippen molar-refractivity contribution in [1.29, 1.82) is 0 Å². The van der Waals surface area contributed by atoms with E-state index in [1.165, 1.54) is 5.57 Å². The number of ether oxygens (including phenoxy) is 3. The third-order valence-electron chi connectivity index (χ3n) is 9.80. The SMILES string of the molecule is C/C=C(/C)C(=O)O[C@@H]1[C@@H](O[C@H]2O[C@@H](C)[C@H](O)[C@@H](O)[C@H]2O)C[C@@]2(C)[C@H](CC/C(C)=C/CO)C(C)=CC[C@@H]2C1(C)C. The molecule has 10 atom stereocenters. The predicted octanol–water partition coefficient (Wildman–Crippen LogP) is 3.81. The fourth-order valence-corrected chi connectivity index (χ4v) is 7.29. The summed E-state index contributed by atoms with van der Waals surface area (Å²) in [6, 6.07) is 0. The van der Waals surface area contributed by atoms with E-state index in [1.54, 1.807) is 26.8 Å². The lowest BCUT2D eigenvalue weighted by molar-refractivity contribution is -0.325. The molecule has 0 aromatic rings. The molecule has 1 saturated heterocycles. The summed E-state index contributed by atoms with van der Waals surface area (Å²) >= 11 is 0. The summed E-state index contributed by atoms with van der Waals surface area (Å²) in [5, 5.41) is 40.7. The second kappa shape index (κ2) is 12.5. The third-order valence-corrected chi connectivity index (χ3v) is 9.80. The van der Waals surface area contributed by atoms with Gasteiger partial charge in [-0.2, -0.15) is 0 Å². The van der Waals surface area contributed by atoms with Crippen LogP contribution in [0, 0.1) is 22.7 Å². The van der Waals surface area contributed by atoms with Gasteiger partial charge in [-0.05, 0) is 77.6 Å². The standard InChI is InChI=1S/C31H50O8/c1-9-18(3)28(36)39-27-22(38-29-26(35)25(34)24(33)20(5)37-29)16-31(8)21(12-10-17(2)14-15-32)19(4)11-13-23(31)30(27,6)7/h9,11,14,20-27,29,32-35H,10,12-13,15-16H2,1-8H3/b17-14+,18-9-/t20-,21+,22-,23+,24-,25+,26+,27+,29+,31-/m0/s1. The van der Waals surface area contributed by atoms with Crippen LogP contribution in [0.15, 0.2) is 34.9 Å². The van der Waals surface area contributed by atoms with Crippen molar-refractivity contribution in [3.05, 3.63) is 34.9 Å². The Morgan fingerprint density at radius 3 is 2.44 bits per heavy atom. The van der Waals surface area contributed by atoms with Gasteiger partial charge in [0, 0.05) is 11.0 Å². The molecule has 222 valence electrons. The highest BCUT2D eigenvalue weighted by molar-refractivity contribution is 5.87. The second-order valence-electron chi connectivity index (χ2n) is 12.7. The van der Waals surface area contributed by atoms with Gasteiger partial charge in [0.1, 0.15) is 24.4 Å². The minimum atomic E-state index is -1.45. The normalized spacial score (nSPS) is 41.0. The Hall–Kier alpha value is -1.55. The zero-order chi connectivity index (χ0) is 29.3. The molecule has 8 heteroatoms. The zero-order valence-corrected chi connectivity index (χ0v) is 24.9. The number of fused-ring (bicyclic) bond motifs is 1. The van der Waals surface area contributed by atoms with Crippen molar-refractivity contribution in [2.75, 3.05) is 6.61 Å². The van der Waals surface area contributed by atoms with Gasteiger partial charge in [0.15, 0.2) is 6.29 Å². The topological polar surface area (TPSA) is 126 Å². The Labute approximate surface area is 233 Å². The van der Waals surface area contributed by atoms with E-state index in [1.807, 2.05) is 13.0 Å². The number of hydrogen-bond donors (Lipinski definition) is 4. The third kappa shape index (κ3) is 6.36. The summed E-state index contributed by atoms with van der Waals surface area (Å²) in [7, 11) is 0. The molecule has 1 aliphatic heterocycles. The molecule has 2 aliphatic carbocycles. The maximum Gasteiger partial charge on any atom is 0.333 e.